The van der Waals surface area contributed by atoms with Crippen molar-refractivity contribution in [3.05, 3.63) is 51.9 Å². The van der Waals surface area contributed by atoms with Gasteiger partial charge in [0.15, 0.2) is 5.96 Å². The topological polar surface area (TPSA) is 62.5 Å². The quantitative estimate of drug-likeness (QED) is 0.389. The van der Waals surface area contributed by atoms with Crippen molar-refractivity contribution in [2.45, 2.75) is 33.7 Å². The highest BCUT2D eigenvalue weighted by atomic mass is 127. The van der Waals surface area contributed by atoms with Crippen molar-refractivity contribution in [1.82, 2.24) is 15.8 Å². The molecule has 0 atom stereocenters. The van der Waals surface area contributed by atoms with Gasteiger partial charge in [-0.3, -0.25) is 0 Å². The lowest BCUT2D eigenvalue weighted by atomic mass is 10.1. The molecule has 0 amide bonds. The fraction of sp³-hybridized carbons (Fsp3) is 0.412. The Morgan fingerprint density at radius 2 is 2.08 bits per heavy atom. The fourth-order valence-electron chi connectivity index (χ4n) is 2.31. The Labute approximate surface area is 165 Å². The summed E-state index contributed by atoms with van der Waals surface area (Å²) < 4.78 is 5.18. The number of hydrogen-bond donors (Lipinski definition) is 2. The summed E-state index contributed by atoms with van der Waals surface area (Å²) in [5.74, 6) is 1.67. The Morgan fingerprint density at radius 1 is 1.29 bits per heavy atom. The van der Waals surface area contributed by atoms with E-state index in [4.69, 9.17) is 16.1 Å². The second-order valence-corrected chi connectivity index (χ2v) is 5.74. The lowest BCUT2D eigenvalue weighted by Crippen LogP contribution is -2.38. The van der Waals surface area contributed by atoms with Crippen LogP contribution in [0.5, 0.6) is 0 Å². The zero-order valence-electron chi connectivity index (χ0n) is 14.2. The maximum Gasteiger partial charge on any atom is 0.191 e. The van der Waals surface area contributed by atoms with Gasteiger partial charge in [-0.2, -0.15) is 0 Å². The maximum atomic E-state index is 6.00. The average molecular weight is 463 g/mol. The fourth-order valence-corrected chi connectivity index (χ4v) is 2.53. The monoisotopic (exact) mass is 462 g/mol. The molecule has 1 aromatic heterocycles. The molecule has 0 bridgehead atoms. The van der Waals surface area contributed by atoms with E-state index in [1.54, 1.807) is 0 Å². The van der Waals surface area contributed by atoms with Crippen molar-refractivity contribution in [3.63, 3.8) is 0 Å². The molecule has 24 heavy (non-hydrogen) atoms. The number of nitrogens with one attached hydrogen (secondary N) is 2. The van der Waals surface area contributed by atoms with E-state index in [-0.39, 0.29) is 24.0 Å². The Balaban J connectivity index is 0.00000288. The first kappa shape index (κ1) is 20.8. The molecule has 132 valence electrons. The number of guanidine groups is 1. The highest BCUT2D eigenvalue weighted by Gasteiger charge is 2.08. The van der Waals surface area contributed by atoms with Crippen LogP contribution in [0.1, 0.15) is 29.5 Å². The largest absolute Gasteiger partial charge is 0.361 e. The molecule has 0 radical (unpaired) electrons. The van der Waals surface area contributed by atoms with Gasteiger partial charge < -0.3 is 15.2 Å². The summed E-state index contributed by atoms with van der Waals surface area (Å²) in [5.41, 5.74) is 3.19. The molecule has 2 rings (SSSR count). The number of benzene rings is 1. The van der Waals surface area contributed by atoms with Crippen LogP contribution in [0.2, 0.25) is 5.02 Å². The molecule has 2 aromatic rings. The Hall–Kier alpha value is -1.28. The molecular formula is C17H24ClIN4O. The summed E-state index contributed by atoms with van der Waals surface area (Å²) in [4.78, 5) is 4.59. The highest BCUT2D eigenvalue weighted by molar-refractivity contribution is 14.0. The van der Waals surface area contributed by atoms with Gasteiger partial charge >= 0.3 is 0 Å². The van der Waals surface area contributed by atoms with Crippen molar-refractivity contribution in [2.24, 2.45) is 4.99 Å². The highest BCUT2D eigenvalue weighted by Crippen LogP contribution is 2.12. The van der Waals surface area contributed by atoms with E-state index in [0.29, 0.717) is 6.54 Å². The van der Waals surface area contributed by atoms with Gasteiger partial charge in [0.05, 0.1) is 12.2 Å². The zero-order valence-corrected chi connectivity index (χ0v) is 17.3. The van der Waals surface area contributed by atoms with Gasteiger partial charge in [0.1, 0.15) is 5.76 Å². The van der Waals surface area contributed by atoms with E-state index in [9.17, 15) is 0 Å². The summed E-state index contributed by atoms with van der Waals surface area (Å²) >= 11 is 6.00. The van der Waals surface area contributed by atoms with Gasteiger partial charge in [-0.1, -0.05) is 28.9 Å². The maximum absolute atomic E-state index is 6.00. The van der Waals surface area contributed by atoms with Crippen LogP contribution in [0.3, 0.4) is 0 Å². The molecule has 0 unspecified atom stereocenters. The first-order valence-corrected chi connectivity index (χ1v) is 8.16. The predicted octanol–water partition coefficient (Wildman–Crippen LogP) is 3.86. The minimum Gasteiger partial charge on any atom is -0.361 e. The Bertz CT molecular complexity index is 653. The number of aryl methyl sites for hydroxylation is 2. The average Bonchev–Trinajstić information content (AvgIpc) is 2.84. The van der Waals surface area contributed by atoms with Crippen LogP contribution in [-0.4, -0.2) is 24.2 Å². The third kappa shape index (κ3) is 6.32. The van der Waals surface area contributed by atoms with E-state index in [0.717, 1.165) is 53.1 Å². The number of halogens is 2. The summed E-state index contributed by atoms with van der Waals surface area (Å²) in [6, 6.07) is 7.74. The van der Waals surface area contributed by atoms with Crippen LogP contribution >= 0.6 is 35.6 Å². The predicted molar refractivity (Wildman–Crippen MR) is 109 cm³/mol. The van der Waals surface area contributed by atoms with Crippen molar-refractivity contribution < 1.29 is 4.52 Å². The molecule has 1 heterocycles. The van der Waals surface area contributed by atoms with Crippen LogP contribution in [0.15, 0.2) is 33.8 Å². The van der Waals surface area contributed by atoms with E-state index in [1.807, 2.05) is 45.0 Å². The van der Waals surface area contributed by atoms with Gasteiger partial charge in [-0.25, -0.2) is 4.99 Å². The number of rotatable bonds is 6. The summed E-state index contributed by atoms with van der Waals surface area (Å²) in [6.07, 6.45) is 0.850. The second kappa shape index (κ2) is 10.6. The molecular weight excluding hydrogens is 439 g/mol. The Kier molecular flexibility index (Phi) is 9.13. The van der Waals surface area contributed by atoms with Gasteiger partial charge in [0, 0.05) is 23.7 Å². The molecule has 0 aliphatic rings. The van der Waals surface area contributed by atoms with Crippen LogP contribution in [0.25, 0.3) is 0 Å². The van der Waals surface area contributed by atoms with E-state index < -0.39 is 0 Å². The number of nitrogens with zero attached hydrogens (tertiary/aromatic N) is 2. The number of aromatic nitrogens is 1. The first-order chi connectivity index (χ1) is 11.1. The molecule has 2 N–H and O–H groups in total. The Morgan fingerprint density at radius 3 is 2.71 bits per heavy atom. The van der Waals surface area contributed by atoms with Gasteiger partial charge in [-0.15, -0.1) is 24.0 Å². The first-order valence-electron chi connectivity index (χ1n) is 7.78. The number of hydrogen-bond acceptors (Lipinski definition) is 3. The number of aliphatic imine (C=N–C) groups is 1. The molecule has 7 heteroatoms. The van der Waals surface area contributed by atoms with E-state index in [1.165, 1.54) is 0 Å². The van der Waals surface area contributed by atoms with Crippen LogP contribution < -0.4 is 10.6 Å². The minimum absolute atomic E-state index is 0. The van der Waals surface area contributed by atoms with Gasteiger partial charge in [-0.05, 0) is 44.9 Å². The lowest BCUT2D eigenvalue weighted by Gasteiger charge is -2.11. The third-order valence-corrected chi connectivity index (χ3v) is 3.74. The molecule has 5 nitrogen and oxygen atoms in total. The standard InChI is InChI=1S/C17H23ClN4O.HI/c1-4-19-17(21-11-14-6-5-7-15(18)10-14)20-9-8-16-12(2)22-23-13(16)3;/h5-7,10H,4,8-9,11H2,1-3H3,(H2,19,20,21);1H. The smallest absolute Gasteiger partial charge is 0.191 e. The summed E-state index contributed by atoms with van der Waals surface area (Å²) in [6.45, 7) is 8.11. The second-order valence-electron chi connectivity index (χ2n) is 5.30. The van der Waals surface area contributed by atoms with Gasteiger partial charge in [0.2, 0.25) is 0 Å². The van der Waals surface area contributed by atoms with E-state index >= 15 is 0 Å². The van der Waals surface area contributed by atoms with Crippen LogP contribution in [0.4, 0.5) is 0 Å². The molecule has 0 spiro atoms. The summed E-state index contributed by atoms with van der Waals surface area (Å²) in [5, 5.41) is 11.3. The summed E-state index contributed by atoms with van der Waals surface area (Å²) in [7, 11) is 0. The molecule has 0 aliphatic carbocycles. The SMILES string of the molecule is CCNC(=NCc1cccc(Cl)c1)NCCc1c(C)noc1C.I. The van der Waals surface area contributed by atoms with Gasteiger partial charge in [0.25, 0.3) is 0 Å². The molecule has 0 saturated heterocycles. The van der Waals surface area contributed by atoms with Crippen molar-refractivity contribution in [3.8, 4) is 0 Å². The minimum atomic E-state index is 0. The third-order valence-electron chi connectivity index (χ3n) is 3.50. The molecule has 0 fully saturated rings. The van der Waals surface area contributed by atoms with E-state index in [2.05, 4.69) is 20.8 Å². The lowest BCUT2D eigenvalue weighted by molar-refractivity contribution is 0.392. The zero-order chi connectivity index (χ0) is 16.7. The molecule has 0 aliphatic heterocycles. The molecule has 0 saturated carbocycles. The van der Waals surface area contributed by atoms with Crippen LogP contribution in [0, 0.1) is 13.8 Å². The van der Waals surface area contributed by atoms with Crippen molar-refractivity contribution in [1.29, 1.82) is 0 Å². The normalized spacial score (nSPS) is 11.1. The van der Waals surface area contributed by atoms with Crippen LogP contribution in [-0.2, 0) is 13.0 Å². The molecule has 1 aromatic carbocycles. The van der Waals surface area contributed by atoms with Crippen molar-refractivity contribution in [2.75, 3.05) is 13.1 Å². The van der Waals surface area contributed by atoms with Crippen molar-refractivity contribution >= 4 is 41.5 Å².